The smallest absolute Gasteiger partial charge is 0.336 e. The number of rotatable bonds is 4. The van der Waals surface area contributed by atoms with Crippen LogP contribution in [0, 0.1) is 6.92 Å². The molecular formula is C19H14N4O3. The van der Waals surface area contributed by atoms with E-state index < -0.39 is 5.97 Å². The van der Waals surface area contributed by atoms with E-state index in [2.05, 4.69) is 15.1 Å². The quantitative estimate of drug-likeness (QED) is 0.607. The van der Waals surface area contributed by atoms with Crippen LogP contribution in [0.2, 0.25) is 0 Å². The molecule has 0 aliphatic carbocycles. The van der Waals surface area contributed by atoms with Gasteiger partial charge < -0.3 is 14.2 Å². The molecule has 26 heavy (non-hydrogen) atoms. The first-order valence-electron chi connectivity index (χ1n) is 7.89. The monoisotopic (exact) mass is 346 g/mol. The number of imidazole rings is 1. The van der Waals surface area contributed by atoms with Gasteiger partial charge in [-0.05, 0) is 36.2 Å². The molecule has 0 aliphatic rings. The van der Waals surface area contributed by atoms with Crippen LogP contribution >= 0.6 is 0 Å². The second kappa shape index (κ2) is 6.29. The molecule has 0 aliphatic heterocycles. The third-order valence-electron chi connectivity index (χ3n) is 3.94. The number of nitrogens with zero attached hydrogens (tertiary/aromatic N) is 4. The summed E-state index contributed by atoms with van der Waals surface area (Å²) in [5.74, 6) is -0.0573. The maximum atomic E-state index is 11.5. The number of hydrogen-bond donors (Lipinski definition) is 1. The lowest BCUT2D eigenvalue weighted by Crippen LogP contribution is -1.99. The lowest BCUT2D eigenvalue weighted by molar-refractivity contribution is 0.0697. The number of carbonyl (C=O) groups is 1. The Balaban J connectivity index is 1.73. The summed E-state index contributed by atoms with van der Waals surface area (Å²) in [5.41, 5.74) is 3.15. The highest BCUT2D eigenvalue weighted by Gasteiger charge is 2.13. The highest BCUT2D eigenvalue weighted by Crippen LogP contribution is 2.26. The fraction of sp³-hybridized carbons (Fsp3) is 0.0526. The van der Waals surface area contributed by atoms with Gasteiger partial charge in [0.25, 0.3) is 5.89 Å². The van der Waals surface area contributed by atoms with Crippen molar-refractivity contribution < 1.29 is 14.4 Å². The van der Waals surface area contributed by atoms with Gasteiger partial charge in [-0.2, -0.15) is 4.98 Å². The van der Waals surface area contributed by atoms with E-state index in [-0.39, 0.29) is 5.56 Å². The molecule has 2 aromatic heterocycles. The first-order valence-corrected chi connectivity index (χ1v) is 7.89. The SMILES string of the molecule is Cc1noc(-c2cn(-c3cccc(-c4ccccc4C(=O)O)c3)cn2)n1. The molecule has 0 bridgehead atoms. The first-order chi connectivity index (χ1) is 12.6. The Hall–Kier alpha value is -3.74. The number of aryl methyl sites for hydroxylation is 1. The minimum atomic E-state index is -0.956. The van der Waals surface area contributed by atoms with E-state index in [4.69, 9.17) is 4.52 Å². The molecule has 4 aromatic rings. The van der Waals surface area contributed by atoms with Gasteiger partial charge in [-0.1, -0.05) is 35.5 Å². The molecule has 1 N–H and O–H groups in total. The van der Waals surface area contributed by atoms with Crippen molar-refractivity contribution in [3.05, 3.63) is 72.4 Å². The summed E-state index contributed by atoms with van der Waals surface area (Å²) in [6, 6.07) is 14.5. The molecule has 7 heteroatoms. The van der Waals surface area contributed by atoms with Crippen LogP contribution in [-0.2, 0) is 0 Å². The minimum absolute atomic E-state index is 0.261. The van der Waals surface area contributed by atoms with Gasteiger partial charge in [0, 0.05) is 11.9 Å². The van der Waals surface area contributed by atoms with Crippen LogP contribution in [0.5, 0.6) is 0 Å². The van der Waals surface area contributed by atoms with Crippen molar-refractivity contribution in [1.29, 1.82) is 0 Å². The Morgan fingerprint density at radius 2 is 2.00 bits per heavy atom. The summed E-state index contributed by atoms with van der Waals surface area (Å²) in [6.07, 6.45) is 3.44. The number of carboxylic acids is 1. The Bertz CT molecular complexity index is 1100. The molecular weight excluding hydrogens is 332 g/mol. The van der Waals surface area contributed by atoms with Gasteiger partial charge in [0.2, 0.25) is 0 Å². The van der Waals surface area contributed by atoms with Crippen LogP contribution in [0.3, 0.4) is 0 Å². The van der Waals surface area contributed by atoms with Gasteiger partial charge in [-0.3, -0.25) is 0 Å². The number of benzene rings is 2. The average molecular weight is 346 g/mol. The fourth-order valence-corrected chi connectivity index (χ4v) is 2.73. The summed E-state index contributed by atoms with van der Waals surface area (Å²) in [6.45, 7) is 1.74. The second-order valence-electron chi connectivity index (χ2n) is 5.71. The zero-order valence-corrected chi connectivity index (χ0v) is 13.8. The molecule has 7 nitrogen and oxygen atoms in total. The Morgan fingerprint density at radius 1 is 1.15 bits per heavy atom. The van der Waals surface area contributed by atoms with Crippen LogP contribution in [0.25, 0.3) is 28.4 Å². The van der Waals surface area contributed by atoms with E-state index >= 15 is 0 Å². The minimum Gasteiger partial charge on any atom is -0.478 e. The summed E-state index contributed by atoms with van der Waals surface area (Å²) in [4.78, 5) is 19.9. The molecule has 0 atom stereocenters. The van der Waals surface area contributed by atoms with Crippen molar-refractivity contribution in [2.45, 2.75) is 6.92 Å². The molecule has 2 heterocycles. The van der Waals surface area contributed by atoms with Crippen molar-refractivity contribution in [3.63, 3.8) is 0 Å². The zero-order valence-electron chi connectivity index (χ0n) is 13.8. The predicted molar refractivity (Wildman–Crippen MR) is 94.0 cm³/mol. The van der Waals surface area contributed by atoms with E-state index in [1.807, 2.05) is 34.9 Å². The molecule has 0 unspecified atom stereocenters. The predicted octanol–water partition coefficient (Wildman–Crippen LogP) is 3.60. The van der Waals surface area contributed by atoms with Gasteiger partial charge in [0.05, 0.1) is 5.56 Å². The fourth-order valence-electron chi connectivity index (χ4n) is 2.73. The van der Waals surface area contributed by atoms with Crippen molar-refractivity contribution >= 4 is 5.97 Å². The van der Waals surface area contributed by atoms with Crippen LogP contribution < -0.4 is 0 Å². The van der Waals surface area contributed by atoms with Gasteiger partial charge >= 0.3 is 5.97 Å². The molecule has 0 saturated heterocycles. The number of hydrogen-bond acceptors (Lipinski definition) is 5. The van der Waals surface area contributed by atoms with Gasteiger partial charge in [-0.15, -0.1) is 0 Å². The summed E-state index contributed by atoms with van der Waals surface area (Å²) in [7, 11) is 0. The summed E-state index contributed by atoms with van der Waals surface area (Å²) >= 11 is 0. The van der Waals surface area contributed by atoms with Crippen molar-refractivity contribution in [3.8, 4) is 28.4 Å². The van der Waals surface area contributed by atoms with E-state index in [1.165, 1.54) is 0 Å². The molecule has 0 spiro atoms. The summed E-state index contributed by atoms with van der Waals surface area (Å²) < 4.78 is 6.95. The van der Waals surface area contributed by atoms with Crippen molar-refractivity contribution in [1.82, 2.24) is 19.7 Å². The molecule has 2 aromatic carbocycles. The van der Waals surface area contributed by atoms with Gasteiger partial charge in [0.15, 0.2) is 5.82 Å². The maximum Gasteiger partial charge on any atom is 0.336 e. The first kappa shape index (κ1) is 15.8. The highest BCUT2D eigenvalue weighted by atomic mass is 16.5. The number of aromatic nitrogens is 4. The zero-order chi connectivity index (χ0) is 18.1. The third kappa shape index (κ3) is 2.86. The van der Waals surface area contributed by atoms with E-state index in [1.54, 1.807) is 37.6 Å². The van der Waals surface area contributed by atoms with Crippen molar-refractivity contribution in [2.24, 2.45) is 0 Å². The molecule has 0 amide bonds. The standard InChI is InChI=1S/C19H14N4O3/c1-12-21-18(26-22-12)17-10-23(11-20-17)14-6-4-5-13(9-14)15-7-2-3-8-16(15)19(24)25/h2-11H,1H3,(H,24,25). The van der Waals surface area contributed by atoms with E-state index in [9.17, 15) is 9.90 Å². The van der Waals surface area contributed by atoms with Crippen LogP contribution in [0.1, 0.15) is 16.2 Å². The topological polar surface area (TPSA) is 94.0 Å². The lowest BCUT2D eigenvalue weighted by Gasteiger charge is -2.08. The number of aromatic carboxylic acids is 1. The van der Waals surface area contributed by atoms with Crippen molar-refractivity contribution in [2.75, 3.05) is 0 Å². The maximum absolute atomic E-state index is 11.5. The van der Waals surface area contributed by atoms with Gasteiger partial charge in [0.1, 0.15) is 12.0 Å². The van der Waals surface area contributed by atoms with E-state index in [0.717, 1.165) is 11.3 Å². The lowest BCUT2D eigenvalue weighted by atomic mass is 9.99. The van der Waals surface area contributed by atoms with Crippen LogP contribution in [-0.4, -0.2) is 30.8 Å². The molecule has 0 radical (unpaired) electrons. The molecule has 0 fully saturated rings. The largest absolute Gasteiger partial charge is 0.478 e. The average Bonchev–Trinajstić information content (AvgIpc) is 3.31. The Morgan fingerprint density at radius 3 is 2.77 bits per heavy atom. The van der Waals surface area contributed by atoms with E-state index in [0.29, 0.717) is 23.0 Å². The second-order valence-corrected chi connectivity index (χ2v) is 5.71. The normalized spacial score (nSPS) is 10.8. The summed E-state index contributed by atoms with van der Waals surface area (Å²) in [5, 5.41) is 13.2. The number of carboxylic acid groups (broad SMARTS) is 1. The Labute approximate surface area is 148 Å². The molecule has 4 rings (SSSR count). The molecule has 0 saturated carbocycles. The van der Waals surface area contributed by atoms with Gasteiger partial charge in [-0.25, -0.2) is 9.78 Å². The third-order valence-corrected chi connectivity index (χ3v) is 3.94. The van der Waals surface area contributed by atoms with Crippen LogP contribution in [0.15, 0.2) is 65.6 Å². The molecule has 128 valence electrons. The Kier molecular flexibility index (Phi) is 3.81. The van der Waals surface area contributed by atoms with Crippen LogP contribution in [0.4, 0.5) is 0 Å². The highest BCUT2D eigenvalue weighted by molar-refractivity contribution is 5.96.